The van der Waals surface area contributed by atoms with Crippen molar-refractivity contribution in [3.05, 3.63) is 83.0 Å². The minimum atomic E-state index is -2.67. The van der Waals surface area contributed by atoms with Crippen LogP contribution in [0.1, 0.15) is 28.8 Å². The van der Waals surface area contributed by atoms with Crippen molar-refractivity contribution >= 4 is 16.9 Å². The average Bonchev–Trinajstić information content (AvgIpc) is 3.20. The third kappa shape index (κ3) is 4.99. The van der Waals surface area contributed by atoms with Crippen LogP contribution in [0.25, 0.3) is 22.3 Å². The number of rotatable bonds is 6. The summed E-state index contributed by atoms with van der Waals surface area (Å²) in [4.78, 5) is 22.0. The quantitative estimate of drug-likeness (QED) is 0.383. The minimum absolute atomic E-state index is 0.0315. The second-order valence-electron chi connectivity index (χ2n) is 9.35. The molecule has 1 fully saturated rings. The predicted octanol–water partition coefficient (Wildman–Crippen LogP) is 5.00. The maximum Gasteiger partial charge on any atom is 0.264 e. The van der Waals surface area contributed by atoms with E-state index in [0.29, 0.717) is 35.5 Å². The van der Waals surface area contributed by atoms with Gasteiger partial charge in [0.05, 0.1) is 16.8 Å². The van der Waals surface area contributed by atoms with Gasteiger partial charge in [0.25, 0.3) is 6.43 Å². The van der Waals surface area contributed by atoms with Crippen LogP contribution in [0, 0.1) is 13.8 Å². The van der Waals surface area contributed by atoms with Crippen LogP contribution in [0.2, 0.25) is 0 Å². The van der Waals surface area contributed by atoms with Gasteiger partial charge in [-0.05, 0) is 25.5 Å². The van der Waals surface area contributed by atoms with Crippen LogP contribution < -0.4 is 0 Å². The molecule has 0 N–H and O–H groups in total. The van der Waals surface area contributed by atoms with Gasteiger partial charge in [-0.25, -0.2) is 18.4 Å². The monoisotopic (exact) mass is 489 g/mol. The molecule has 0 aliphatic carbocycles. The molecule has 8 heteroatoms. The molecule has 0 radical (unpaired) electrons. The SMILES string of the molecule is Cc1ccc(CN2CCN(C(=O)Cn3nc(C)c4c(C(F)F)cc(-c5ccccc5)nc43)CC2)cc1. The van der Waals surface area contributed by atoms with Gasteiger partial charge in [-0.15, -0.1) is 0 Å². The van der Waals surface area contributed by atoms with Gasteiger partial charge in [0, 0.05) is 43.9 Å². The second-order valence-corrected chi connectivity index (χ2v) is 9.35. The Morgan fingerprint density at radius 1 is 0.972 bits per heavy atom. The molecule has 0 saturated carbocycles. The zero-order chi connectivity index (χ0) is 25.2. The Balaban J connectivity index is 1.33. The molecule has 186 valence electrons. The van der Waals surface area contributed by atoms with Gasteiger partial charge in [0.2, 0.25) is 5.91 Å². The molecule has 6 nitrogen and oxygen atoms in total. The van der Waals surface area contributed by atoms with E-state index >= 15 is 0 Å². The van der Waals surface area contributed by atoms with E-state index in [0.717, 1.165) is 25.2 Å². The maximum absolute atomic E-state index is 14.0. The van der Waals surface area contributed by atoms with Crippen molar-refractivity contribution in [1.29, 1.82) is 0 Å². The molecule has 3 heterocycles. The molecule has 36 heavy (non-hydrogen) atoms. The minimum Gasteiger partial charge on any atom is -0.339 e. The lowest BCUT2D eigenvalue weighted by molar-refractivity contribution is -0.133. The number of carbonyl (C=O) groups excluding carboxylic acids is 1. The number of nitrogens with zero attached hydrogens (tertiary/aromatic N) is 5. The van der Waals surface area contributed by atoms with Gasteiger partial charge >= 0.3 is 0 Å². The fraction of sp³-hybridized carbons (Fsp3) is 0.321. The number of benzene rings is 2. The number of amides is 1. The van der Waals surface area contributed by atoms with Crippen LogP contribution in [0.3, 0.4) is 0 Å². The van der Waals surface area contributed by atoms with Gasteiger partial charge in [0.1, 0.15) is 6.54 Å². The highest BCUT2D eigenvalue weighted by Gasteiger charge is 2.25. The predicted molar refractivity (Wildman–Crippen MR) is 136 cm³/mol. The number of piperazine rings is 1. The smallest absolute Gasteiger partial charge is 0.264 e. The van der Waals surface area contributed by atoms with E-state index in [1.165, 1.54) is 21.9 Å². The van der Waals surface area contributed by atoms with Gasteiger partial charge in [-0.3, -0.25) is 9.69 Å². The van der Waals surface area contributed by atoms with Crippen molar-refractivity contribution < 1.29 is 13.6 Å². The molecule has 1 aliphatic rings. The fourth-order valence-corrected chi connectivity index (χ4v) is 4.76. The number of fused-ring (bicyclic) bond motifs is 1. The Kier molecular flexibility index (Phi) is 6.78. The standard InChI is InChI=1S/C28H29F2N5O/c1-19-8-10-21(11-9-19)17-33-12-14-34(15-13-33)25(36)18-35-28-26(20(2)32-35)23(27(29)30)16-24(31-28)22-6-4-3-5-7-22/h3-11,16,27H,12-15,17-18H2,1-2H3. The van der Waals surface area contributed by atoms with E-state index in [9.17, 15) is 13.6 Å². The van der Waals surface area contributed by atoms with E-state index in [1.54, 1.807) is 6.92 Å². The number of alkyl halides is 2. The Hall–Kier alpha value is -3.65. The van der Waals surface area contributed by atoms with Gasteiger partial charge in [-0.1, -0.05) is 60.2 Å². The number of aryl methyl sites for hydroxylation is 2. The number of carbonyl (C=O) groups is 1. The Bertz CT molecular complexity index is 1360. The zero-order valence-electron chi connectivity index (χ0n) is 20.5. The molecule has 0 bridgehead atoms. The fourth-order valence-electron chi connectivity index (χ4n) is 4.76. The lowest BCUT2D eigenvalue weighted by atomic mass is 10.1. The summed E-state index contributed by atoms with van der Waals surface area (Å²) in [5.41, 5.74) is 4.33. The third-order valence-electron chi connectivity index (χ3n) is 6.75. The Morgan fingerprint density at radius 3 is 2.33 bits per heavy atom. The first-order valence-corrected chi connectivity index (χ1v) is 12.2. The molecular weight excluding hydrogens is 460 g/mol. The Labute approximate surface area is 209 Å². The van der Waals surface area contributed by atoms with E-state index in [2.05, 4.69) is 46.2 Å². The van der Waals surface area contributed by atoms with Gasteiger partial charge in [-0.2, -0.15) is 5.10 Å². The lowest BCUT2D eigenvalue weighted by Crippen LogP contribution is -2.49. The van der Waals surface area contributed by atoms with E-state index in [-0.39, 0.29) is 18.0 Å². The molecule has 0 atom stereocenters. The highest BCUT2D eigenvalue weighted by atomic mass is 19.3. The van der Waals surface area contributed by atoms with Crippen molar-refractivity contribution in [2.45, 2.75) is 33.4 Å². The van der Waals surface area contributed by atoms with Crippen molar-refractivity contribution in [1.82, 2.24) is 24.6 Å². The molecule has 1 amide bonds. The summed E-state index contributed by atoms with van der Waals surface area (Å²) in [6, 6.07) is 19.1. The van der Waals surface area contributed by atoms with Crippen LogP contribution in [-0.4, -0.2) is 56.7 Å². The average molecular weight is 490 g/mol. The molecule has 2 aromatic carbocycles. The van der Waals surface area contributed by atoms with Crippen molar-refractivity contribution in [3.8, 4) is 11.3 Å². The van der Waals surface area contributed by atoms with Gasteiger partial charge in [0.15, 0.2) is 5.65 Å². The normalized spacial score (nSPS) is 14.6. The number of pyridine rings is 1. The summed E-state index contributed by atoms with van der Waals surface area (Å²) in [6.45, 7) is 7.38. The van der Waals surface area contributed by atoms with Crippen LogP contribution in [0.5, 0.6) is 0 Å². The molecule has 5 rings (SSSR count). The van der Waals surface area contributed by atoms with E-state index in [4.69, 9.17) is 0 Å². The number of halogens is 2. The van der Waals surface area contributed by atoms with Crippen LogP contribution in [-0.2, 0) is 17.9 Å². The maximum atomic E-state index is 14.0. The second kappa shape index (κ2) is 10.1. The van der Waals surface area contributed by atoms with Crippen LogP contribution in [0.4, 0.5) is 8.78 Å². The van der Waals surface area contributed by atoms with Crippen LogP contribution >= 0.6 is 0 Å². The van der Waals surface area contributed by atoms with Gasteiger partial charge < -0.3 is 4.90 Å². The van der Waals surface area contributed by atoms with Crippen molar-refractivity contribution in [2.24, 2.45) is 0 Å². The molecular formula is C28H29F2N5O. The van der Waals surface area contributed by atoms with Crippen molar-refractivity contribution in [2.75, 3.05) is 26.2 Å². The van der Waals surface area contributed by atoms with E-state index < -0.39 is 6.43 Å². The summed E-state index contributed by atoms with van der Waals surface area (Å²) < 4.78 is 29.5. The van der Waals surface area contributed by atoms with E-state index in [1.807, 2.05) is 35.2 Å². The molecule has 4 aromatic rings. The number of hydrogen-bond donors (Lipinski definition) is 0. The first kappa shape index (κ1) is 24.1. The highest BCUT2D eigenvalue weighted by Crippen LogP contribution is 2.33. The summed E-state index contributed by atoms with van der Waals surface area (Å²) in [6.07, 6.45) is -2.67. The molecule has 1 saturated heterocycles. The highest BCUT2D eigenvalue weighted by molar-refractivity contribution is 5.87. The number of aromatic nitrogens is 3. The van der Waals surface area contributed by atoms with Crippen LogP contribution in [0.15, 0.2) is 60.7 Å². The molecule has 0 unspecified atom stereocenters. The first-order chi connectivity index (χ1) is 17.4. The summed E-state index contributed by atoms with van der Waals surface area (Å²) in [5, 5.41) is 4.76. The largest absolute Gasteiger partial charge is 0.339 e. The zero-order valence-corrected chi connectivity index (χ0v) is 20.5. The van der Waals surface area contributed by atoms with Crippen molar-refractivity contribution in [3.63, 3.8) is 0 Å². The molecule has 0 spiro atoms. The molecule has 1 aliphatic heterocycles. The summed E-state index contributed by atoms with van der Waals surface area (Å²) >= 11 is 0. The third-order valence-corrected chi connectivity index (χ3v) is 6.75. The first-order valence-electron chi connectivity index (χ1n) is 12.2. The molecule has 2 aromatic heterocycles. The lowest BCUT2D eigenvalue weighted by Gasteiger charge is -2.34. The number of hydrogen-bond acceptors (Lipinski definition) is 4. The topological polar surface area (TPSA) is 54.3 Å². The Morgan fingerprint density at radius 2 is 1.67 bits per heavy atom. The summed E-state index contributed by atoms with van der Waals surface area (Å²) in [5.74, 6) is -0.0834. The summed E-state index contributed by atoms with van der Waals surface area (Å²) in [7, 11) is 0.